The standard InChI is InChI=1S/C29H34O7/c1-15(2)8-7-9-16(3)10-11-17-24-21(13-19(30)28(17)34-6)35-22-14-20-18(26(31)25(22)27(24)32)12-23(36-20)29(4,5)33/h8,10,13-14,23,30-31,33H,7,9,11-12H2,1-6H3/b16-10+/t23-/m1/s1. The van der Waals surface area contributed by atoms with Crippen molar-refractivity contribution < 1.29 is 29.2 Å². The van der Waals surface area contributed by atoms with E-state index in [-0.39, 0.29) is 45.6 Å². The summed E-state index contributed by atoms with van der Waals surface area (Å²) in [6.45, 7) is 9.42. The van der Waals surface area contributed by atoms with Gasteiger partial charge in [-0.3, -0.25) is 4.79 Å². The minimum Gasteiger partial charge on any atom is -0.507 e. The molecule has 36 heavy (non-hydrogen) atoms. The molecule has 0 bridgehead atoms. The average Bonchev–Trinajstić information content (AvgIpc) is 3.22. The van der Waals surface area contributed by atoms with E-state index in [1.165, 1.54) is 18.7 Å². The largest absolute Gasteiger partial charge is 0.507 e. The van der Waals surface area contributed by atoms with Gasteiger partial charge in [0.2, 0.25) is 5.43 Å². The molecule has 3 N–H and O–H groups in total. The molecule has 0 amide bonds. The Morgan fingerprint density at radius 1 is 1.14 bits per heavy atom. The van der Waals surface area contributed by atoms with Crippen LogP contribution < -0.4 is 14.9 Å². The molecule has 192 valence electrons. The lowest BCUT2D eigenvalue weighted by Crippen LogP contribution is -2.39. The van der Waals surface area contributed by atoms with Gasteiger partial charge in [-0.25, -0.2) is 0 Å². The maximum Gasteiger partial charge on any atom is 0.204 e. The SMILES string of the molecule is COc1c(O)cc2oc3cc4c(c(O)c3c(=O)c2c1C/C=C(\C)CCC=C(C)C)C[C@H](C(C)(C)O)O4. The Bertz CT molecular complexity index is 1450. The van der Waals surface area contributed by atoms with Gasteiger partial charge in [-0.1, -0.05) is 23.3 Å². The van der Waals surface area contributed by atoms with Crippen LogP contribution in [0.2, 0.25) is 0 Å². The topological polar surface area (TPSA) is 109 Å². The number of hydrogen-bond acceptors (Lipinski definition) is 7. The summed E-state index contributed by atoms with van der Waals surface area (Å²) in [4.78, 5) is 13.8. The van der Waals surface area contributed by atoms with Crippen LogP contribution in [0.4, 0.5) is 0 Å². The van der Waals surface area contributed by atoms with Crippen molar-refractivity contribution in [3.63, 3.8) is 0 Å². The smallest absolute Gasteiger partial charge is 0.204 e. The summed E-state index contributed by atoms with van der Waals surface area (Å²) in [5.74, 6) is 0.217. The lowest BCUT2D eigenvalue weighted by atomic mass is 9.95. The number of fused-ring (bicyclic) bond motifs is 3. The van der Waals surface area contributed by atoms with Gasteiger partial charge in [0.1, 0.15) is 34.2 Å². The molecule has 0 radical (unpaired) electrons. The second-order valence-corrected chi connectivity index (χ2v) is 10.3. The van der Waals surface area contributed by atoms with Gasteiger partial charge in [0.15, 0.2) is 11.5 Å². The fourth-order valence-electron chi connectivity index (χ4n) is 4.68. The van der Waals surface area contributed by atoms with Gasteiger partial charge in [-0.05, 0) is 53.9 Å². The van der Waals surface area contributed by atoms with Crippen molar-refractivity contribution in [1.82, 2.24) is 0 Å². The number of phenols is 2. The Morgan fingerprint density at radius 2 is 1.83 bits per heavy atom. The molecule has 0 unspecified atom stereocenters. The maximum atomic E-state index is 13.8. The van der Waals surface area contributed by atoms with Gasteiger partial charge in [-0.2, -0.15) is 0 Å². The number of hydrogen-bond donors (Lipinski definition) is 3. The normalized spacial score (nSPS) is 15.8. The number of allylic oxidation sites excluding steroid dienone is 4. The fourth-order valence-corrected chi connectivity index (χ4v) is 4.68. The second-order valence-electron chi connectivity index (χ2n) is 10.3. The Morgan fingerprint density at radius 3 is 2.47 bits per heavy atom. The number of rotatable bonds is 7. The molecule has 2 aromatic carbocycles. The third kappa shape index (κ3) is 4.67. The Balaban J connectivity index is 1.88. The first-order valence-corrected chi connectivity index (χ1v) is 12.1. The highest BCUT2D eigenvalue weighted by molar-refractivity contribution is 5.98. The van der Waals surface area contributed by atoms with Crippen LogP contribution in [0.25, 0.3) is 21.9 Å². The molecule has 0 aliphatic carbocycles. The number of phenolic OH excluding ortho intramolecular Hbond substituents is 2. The van der Waals surface area contributed by atoms with Crippen LogP contribution in [0.15, 0.2) is 44.6 Å². The Kier molecular flexibility index (Phi) is 6.80. The monoisotopic (exact) mass is 494 g/mol. The van der Waals surface area contributed by atoms with E-state index in [1.54, 1.807) is 19.9 Å². The zero-order valence-electron chi connectivity index (χ0n) is 21.7. The van der Waals surface area contributed by atoms with Crippen molar-refractivity contribution in [1.29, 1.82) is 0 Å². The first kappa shape index (κ1) is 25.6. The predicted molar refractivity (Wildman–Crippen MR) is 140 cm³/mol. The molecule has 0 saturated heterocycles. The third-order valence-corrected chi connectivity index (χ3v) is 6.72. The third-order valence-electron chi connectivity index (χ3n) is 6.72. The zero-order valence-corrected chi connectivity index (χ0v) is 21.7. The summed E-state index contributed by atoms with van der Waals surface area (Å²) in [6, 6.07) is 2.92. The number of aliphatic hydroxyl groups is 1. The van der Waals surface area contributed by atoms with Crippen molar-refractivity contribution in [2.24, 2.45) is 0 Å². The molecule has 7 heteroatoms. The van der Waals surface area contributed by atoms with Crippen LogP contribution in [-0.4, -0.2) is 34.1 Å². The summed E-state index contributed by atoms with van der Waals surface area (Å²) in [5.41, 5.74) is 2.14. The first-order chi connectivity index (χ1) is 16.9. The van der Waals surface area contributed by atoms with Crippen LogP contribution in [0.1, 0.15) is 58.6 Å². The summed E-state index contributed by atoms with van der Waals surface area (Å²) < 4.78 is 17.4. The molecule has 2 heterocycles. The highest BCUT2D eigenvalue weighted by Crippen LogP contribution is 2.44. The van der Waals surface area contributed by atoms with Crippen molar-refractivity contribution in [3.8, 4) is 23.0 Å². The maximum absolute atomic E-state index is 13.8. The van der Waals surface area contributed by atoms with Crippen molar-refractivity contribution in [2.75, 3.05) is 7.11 Å². The summed E-state index contributed by atoms with van der Waals surface area (Å²) in [5, 5.41) is 32.4. The van der Waals surface area contributed by atoms with E-state index in [4.69, 9.17) is 13.9 Å². The van der Waals surface area contributed by atoms with Crippen LogP contribution in [0, 0.1) is 0 Å². The van der Waals surface area contributed by atoms with E-state index < -0.39 is 17.1 Å². The van der Waals surface area contributed by atoms with E-state index >= 15 is 0 Å². The van der Waals surface area contributed by atoms with E-state index in [0.717, 1.165) is 18.4 Å². The van der Waals surface area contributed by atoms with Crippen LogP contribution in [0.3, 0.4) is 0 Å². The lowest BCUT2D eigenvalue weighted by Gasteiger charge is -2.24. The zero-order chi connectivity index (χ0) is 26.4. The first-order valence-electron chi connectivity index (χ1n) is 12.1. The van der Waals surface area contributed by atoms with Gasteiger partial charge >= 0.3 is 0 Å². The molecule has 4 rings (SSSR count). The minimum absolute atomic E-state index is 0.0412. The molecule has 1 atom stereocenters. The quantitative estimate of drug-likeness (QED) is 0.286. The van der Waals surface area contributed by atoms with Crippen molar-refractivity contribution in [3.05, 3.63) is 56.8 Å². The number of benzene rings is 2. The molecular weight excluding hydrogens is 460 g/mol. The Labute approximate surface area is 210 Å². The number of ether oxygens (including phenoxy) is 2. The van der Waals surface area contributed by atoms with Crippen LogP contribution >= 0.6 is 0 Å². The van der Waals surface area contributed by atoms with E-state index in [2.05, 4.69) is 19.9 Å². The van der Waals surface area contributed by atoms with Gasteiger partial charge in [0, 0.05) is 29.7 Å². The average molecular weight is 495 g/mol. The van der Waals surface area contributed by atoms with E-state index in [0.29, 0.717) is 23.3 Å². The highest BCUT2D eigenvalue weighted by Gasteiger charge is 2.37. The summed E-state index contributed by atoms with van der Waals surface area (Å²) in [7, 11) is 1.44. The minimum atomic E-state index is -1.14. The lowest BCUT2D eigenvalue weighted by molar-refractivity contribution is -0.0229. The fraction of sp³-hybridized carbons (Fsp3) is 0.414. The predicted octanol–water partition coefficient (Wildman–Crippen LogP) is 5.68. The summed E-state index contributed by atoms with van der Waals surface area (Å²) >= 11 is 0. The van der Waals surface area contributed by atoms with Gasteiger partial charge in [0.05, 0.1) is 18.1 Å². The second kappa shape index (κ2) is 9.54. The van der Waals surface area contributed by atoms with Crippen LogP contribution in [-0.2, 0) is 12.8 Å². The highest BCUT2D eigenvalue weighted by atomic mass is 16.5. The molecule has 1 aliphatic rings. The molecule has 7 nitrogen and oxygen atoms in total. The van der Waals surface area contributed by atoms with Crippen molar-refractivity contribution >= 4 is 21.9 Å². The summed E-state index contributed by atoms with van der Waals surface area (Å²) in [6.07, 6.45) is 6.02. The van der Waals surface area contributed by atoms with Gasteiger partial charge < -0.3 is 29.2 Å². The van der Waals surface area contributed by atoms with Crippen LogP contribution in [0.5, 0.6) is 23.0 Å². The van der Waals surface area contributed by atoms with Gasteiger partial charge in [0.25, 0.3) is 0 Å². The molecule has 1 aliphatic heterocycles. The molecular formula is C29H34O7. The number of aromatic hydroxyl groups is 2. The Hall–Kier alpha value is -3.45. The number of methoxy groups -OCH3 is 1. The molecule has 1 aromatic heterocycles. The van der Waals surface area contributed by atoms with E-state index in [9.17, 15) is 20.1 Å². The molecule has 0 spiro atoms. The molecule has 0 fully saturated rings. The molecule has 3 aromatic rings. The van der Waals surface area contributed by atoms with Gasteiger partial charge in [-0.15, -0.1) is 0 Å². The van der Waals surface area contributed by atoms with E-state index in [1.807, 2.05) is 13.0 Å². The van der Waals surface area contributed by atoms with Crippen molar-refractivity contribution in [2.45, 2.75) is 72.0 Å². The molecule has 0 saturated carbocycles.